The molecular weight excluding hydrogens is 400 g/mol. The molecule has 0 bridgehead atoms. The number of aryl methyl sites for hydroxylation is 2. The van der Waals surface area contributed by atoms with Crippen LogP contribution in [0.15, 0.2) is 47.6 Å². The van der Waals surface area contributed by atoms with Crippen LogP contribution in [0.2, 0.25) is 5.02 Å². The normalized spacial score (nSPS) is 10.7. The van der Waals surface area contributed by atoms with Crippen LogP contribution >= 0.6 is 23.4 Å². The lowest BCUT2D eigenvalue weighted by Crippen LogP contribution is -2.14. The van der Waals surface area contributed by atoms with Crippen LogP contribution in [0.1, 0.15) is 11.1 Å². The van der Waals surface area contributed by atoms with Gasteiger partial charge in [0.1, 0.15) is 19.0 Å². The van der Waals surface area contributed by atoms with E-state index in [2.05, 4.69) is 15.5 Å². The van der Waals surface area contributed by atoms with Crippen LogP contribution in [-0.2, 0) is 9.53 Å². The lowest BCUT2D eigenvalue weighted by Gasteiger charge is -2.09. The van der Waals surface area contributed by atoms with Gasteiger partial charge in [0.15, 0.2) is 0 Å². The number of carbonyl (C=O) groups excluding carboxylic acids is 1. The number of thioether (sulfide) groups is 1. The maximum absolute atomic E-state index is 12.0. The van der Waals surface area contributed by atoms with E-state index in [1.807, 2.05) is 32.0 Å². The van der Waals surface area contributed by atoms with Crippen molar-refractivity contribution >= 4 is 29.3 Å². The van der Waals surface area contributed by atoms with Crippen LogP contribution < -0.4 is 4.74 Å². The molecule has 0 radical (unpaired) electrons. The van der Waals surface area contributed by atoms with Crippen molar-refractivity contribution in [2.24, 2.45) is 0 Å². The summed E-state index contributed by atoms with van der Waals surface area (Å²) in [5.74, 6) is 0.411. The minimum absolute atomic E-state index is 0.103. The molecule has 1 heterocycles. The quantitative estimate of drug-likeness (QED) is 0.314. The summed E-state index contributed by atoms with van der Waals surface area (Å²) in [4.78, 5) is 12.0. The molecule has 0 fully saturated rings. The summed E-state index contributed by atoms with van der Waals surface area (Å²) in [5.41, 5.74) is 3.03. The average Bonchev–Trinajstić information content (AvgIpc) is 3.15. The number of aromatic nitrogens is 4. The standard InChI is InChI=1S/C19H19ClN4O3S/c1-13-3-4-14(2)17(11-13)24-19(21-22-23-24)28-12-18(25)27-10-9-26-16-7-5-15(20)6-8-16/h3-8,11H,9-10,12H2,1-2H3. The van der Waals surface area contributed by atoms with E-state index in [0.29, 0.717) is 15.9 Å². The Bertz CT molecular complexity index is 947. The number of hydrogen-bond acceptors (Lipinski definition) is 7. The van der Waals surface area contributed by atoms with Crippen LogP contribution in [0.25, 0.3) is 5.69 Å². The Morgan fingerprint density at radius 3 is 2.71 bits per heavy atom. The fourth-order valence-corrected chi connectivity index (χ4v) is 3.19. The number of ether oxygens (including phenoxy) is 2. The van der Waals surface area contributed by atoms with Gasteiger partial charge < -0.3 is 9.47 Å². The fourth-order valence-electron chi connectivity index (χ4n) is 2.38. The number of hydrogen-bond donors (Lipinski definition) is 0. The van der Waals surface area contributed by atoms with E-state index in [9.17, 15) is 4.79 Å². The first-order valence-corrected chi connectivity index (χ1v) is 9.92. The lowest BCUT2D eigenvalue weighted by atomic mass is 10.1. The number of nitrogens with zero attached hydrogens (tertiary/aromatic N) is 4. The highest BCUT2D eigenvalue weighted by Crippen LogP contribution is 2.21. The van der Waals surface area contributed by atoms with Crippen molar-refractivity contribution in [2.75, 3.05) is 19.0 Å². The second-order valence-corrected chi connectivity index (χ2v) is 7.35. The highest BCUT2D eigenvalue weighted by atomic mass is 35.5. The maximum atomic E-state index is 12.0. The number of tetrazole rings is 1. The first-order chi connectivity index (χ1) is 13.5. The molecular formula is C19H19ClN4O3S. The molecule has 7 nitrogen and oxygen atoms in total. The van der Waals surface area contributed by atoms with E-state index < -0.39 is 0 Å². The summed E-state index contributed by atoms with van der Waals surface area (Å²) < 4.78 is 12.3. The van der Waals surface area contributed by atoms with Gasteiger partial charge in [-0.05, 0) is 65.7 Å². The van der Waals surface area contributed by atoms with E-state index in [1.165, 1.54) is 11.8 Å². The maximum Gasteiger partial charge on any atom is 0.316 e. The molecule has 3 aromatic rings. The van der Waals surface area contributed by atoms with Crippen molar-refractivity contribution in [3.63, 3.8) is 0 Å². The van der Waals surface area contributed by atoms with Gasteiger partial charge in [0.2, 0.25) is 5.16 Å². The molecule has 0 amide bonds. The number of benzene rings is 2. The number of rotatable bonds is 8. The van der Waals surface area contributed by atoms with E-state index in [-0.39, 0.29) is 24.9 Å². The molecule has 0 saturated carbocycles. The highest BCUT2D eigenvalue weighted by Gasteiger charge is 2.14. The van der Waals surface area contributed by atoms with Gasteiger partial charge in [-0.25, -0.2) is 0 Å². The number of esters is 1. The zero-order valence-electron chi connectivity index (χ0n) is 15.5. The molecule has 0 unspecified atom stereocenters. The zero-order chi connectivity index (χ0) is 19.9. The van der Waals surface area contributed by atoms with Gasteiger partial charge in [0.05, 0.1) is 11.4 Å². The topological polar surface area (TPSA) is 79.1 Å². The first-order valence-electron chi connectivity index (χ1n) is 8.56. The highest BCUT2D eigenvalue weighted by molar-refractivity contribution is 7.99. The van der Waals surface area contributed by atoms with Crippen molar-refractivity contribution in [2.45, 2.75) is 19.0 Å². The largest absolute Gasteiger partial charge is 0.490 e. The smallest absolute Gasteiger partial charge is 0.316 e. The van der Waals surface area contributed by atoms with E-state index in [4.69, 9.17) is 21.1 Å². The average molecular weight is 419 g/mol. The van der Waals surface area contributed by atoms with Crippen molar-refractivity contribution in [3.05, 3.63) is 58.6 Å². The Balaban J connectivity index is 1.47. The molecule has 28 heavy (non-hydrogen) atoms. The van der Waals surface area contributed by atoms with Crippen LogP contribution in [0.4, 0.5) is 0 Å². The Morgan fingerprint density at radius 2 is 1.93 bits per heavy atom. The Labute approximate surface area is 172 Å². The zero-order valence-corrected chi connectivity index (χ0v) is 17.0. The fraction of sp³-hybridized carbons (Fsp3) is 0.263. The predicted molar refractivity (Wildman–Crippen MR) is 107 cm³/mol. The summed E-state index contributed by atoms with van der Waals surface area (Å²) in [6.07, 6.45) is 0. The van der Waals surface area contributed by atoms with Gasteiger partial charge in [0.25, 0.3) is 0 Å². The van der Waals surface area contributed by atoms with Crippen LogP contribution in [0.5, 0.6) is 5.75 Å². The third-order valence-electron chi connectivity index (χ3n) is 3.78. The molecule has 0 saturated heterocycles. The monoisotopic (exact) mass is 418 g/mol. The third-order valence-corrected chi connectivity index (χ3v) is 4.93. The number of carbonyl (C=O) groups is 1. The molecule has 0 N–H and O–H groups in total. The second kappa shape index (κ2) is 9.57. The van der Waals surface area contributed by atoms with Gasteiger partial charge >= 0.3 is 5.97 Å². The van der Waals surface area contributed by atoms with Gasteiger partial charge in [-0.15, -0.1) is 5.10 Å². The van der Waals surface area contributed by atoms with Gasteiger partial charge in [-0.3, -0.25) is 4.79 Å². The van der Waals surface area contributed by atoms with Crippen LogP contribution in [-0.4, -0.2) is 45.1 Å². The molecule has 9 heteroatoms. The molecule has 0 atom stereocenters. The summed E-state index contributed by atoms with van der Waals surface area (Å²) in [6.45, 7) is 4.41. The molecule has 2 aromatic carbocycles. The molecule has 1 aromatic heterocycles. The molecule has 146 valence electrons. The van der Waals surface area contributed by atoms with Gasteiger partial charge in [-0.2, -0.15) is 4.68 Å². The van der Waals surface area contributed by atoms with Crippen molar-refractivity contribution < 1.29 is 14.3 Å². The second-order valence-electron chi connectivity index (χ2n) is 5.97. The summed E-state index contributed by atoms with van der Waals surface area (Å²) in [5, 5.41) is 12.9. The van der Waals surface area contributed by atoms with E-state index >= 15 is 0 Å². The summed E-state index contributed by atoms with van der Waals surface area (Å²) >= 11 is 7.04. The van der Waals surface area contributed by atoms with E-state index in [0.717, 1.165) is 16.8 Å². The molecule has 0 spiro atoms. The Kier molecular flexibility index (Phi) is 6.89. The minimum atomic E-state index is -0.361. The van der Waals surface area contributed by atoms with Crippen molar-refractivity contribution in [3.8, 4) is 11.4 Å². The van der Waals surface area contributed by atoms with Gasteiger partial charge in [0, 0.05) is 5.02 Å². The molecule has 0 aliphatic rings. The van der Waals surface area contributed by atoms with Crippen molar-refractivity contribution in [1.29, 1.82) is 0 Å². The lowest BCUT2D eigenvalue weighted by molar-refractivity contribution is -0.141. The number of halogens is 1. The first kappa shape index (κ1) is 20.2. The van der Waals surface area contributed by atoms with Crippen LogP contribution in [0, 0.1) is 13.8 Å². The SMILES string of the molecule is Cc1ccc(C)c(-n2nnnc2SCC(=O)OCCOc2ccc(Cl)cc2)c1. The third kappa shape index (κ3) is 5.46. The Morgan fingerprint density at radius 1 is 1.14 bits per heavy atom. The molecule has 0 aliphatic heterocycles. The predicted octanol–water partition coefficient (Wildman–Crippen LogP) is 3.65. The van der Waals surface area contributed by atoms with E-state index in [1.54, 1.807) is 28.9 Å². The molecule has 0 aliphatic carbocycles. The van der Waals surface area contributed by atoms with Crippen LogP contribution in [0.3, 0.4) is 0 Å². The minimum Gasteiger partial charge on any atom is -0.490 e. The molecule has 3 rings (SSSR count). The Hall–Kier alpha value is -2.58. The summed E-state index contributed by atoms with van der Waals surface area (Å²) in [7, 11) is 0. The summed E-state index contributed by atoms with van der Waals surface area (Å²) in [6, 6.07) is 13.0. The van der Waals surface area contributed by atoms with Gasteiger partial charge in [-0.1, -0.05) is 35.5 Å². The van der Waals surface area contributed by atoms with Crippen molar-refractivity contribution in [1.82, 2.24) is 20.2 Å².